The highest BCUT2D eigenvalue weighted by molar-refractivity contribution is 5.94. The van der Waals surface area contributed by atoms with E-state index in [9.17, 15) is 4.79 Å². The second-order valence-corrected chi connectivity index (χ2v) is 6.63. The Hall–Kier alpha value is -3.75. The van der Waals surface area contributed by atoms with Crippen molar-refractivity contribution >= 4 is 11.7 Å². The van der Waals surface area contributed by atoms with Crippen molar-refractivity contribution in [2.24, 2.45) is 0 Å². The zero-order valence-corrected chi connectivity index (χ0v) is 15.8. The van der Waals surface area contributed by atoms with Gasteiger partial charge in [-0.05, 0) is 18.2 Å². The minimum absolute atomic E-state index is 0.102. The van der Waals surface area contributed by atoms with Crippen LogP contribution in [0.5, 0.6) is 23.0 Å². The number of imidazole rings is 1. The summed E-state index contributed by atoms with van der Waals surface area (Å²) in [6, 6.07) is 5.56. The number of nitrogens with zero attached hydrogens (tertiary/aromatic N) is 3. The van der Waals surface area contributed by atoms with Crippen LogP contribution in [0.25, 0.3) is 5.69 Å². The van der Waals surface area contributed by atoms with E-state index in [2.05, 4.69) is 15.3 Å². The number of anilines is 1. The topological polar surface area (TPSA) is 96.7 Å². The number of ether oxygens (including phenoxy) is 4. The first-order valence-corrected chi connectivity index (χ1v) is 9.03. The molecular weight excluding hydrogens is 376 g/mol. The number of rotatable bonds is 4. The van der Waals surface area contributed by atoms with Crippen LogP contribution < -0.4 is 24.3 Å². The zero-order valence-electron chi connectivity index (χ0n) is 15.8. The van der Waals surface area contributed by atoms with Crippen molar-refractivity contribution in [3.8, 4) is 28.7 Å². The molecule has 5 rings (SSSR count). The number of carbonyl (C=O) groups excluding carboxylic acids is 1. The number of hydrogen-bond acceptors (Lipinski definition) is 7. The summed E-state index contributed by atoms with van der Waals surface area (Å²) in [7, 11) is 3.10. The second-order valence-electron chi connectivity index (χ2n) is 6.63. The van der Waals surface area contributed by atoms with Crippen LogP contribution >= 0.6 is 0 Å². The molecule has 1 unspecified atom stereocenters. The van der Waals surface area contributed by atoms with Gasteiger partial charge in [-0.1, -0.05) is 0 Å². The lowest BCUT2D eigenvalue weighted by Gasteiger charge is -2.25. The Kier molecular flexibility index (Phi) is 4.01. The molecule has 29 heavy (non-hydrogen) atoms. The summed E-state index contributed by atoms with van der Waals surface area (Å²) >= 11 is 0. The summed E-state index contributed by atoms with van der Waals surface area (Å²) < 4.78 is 24.1. The number of aromatic nitrogens is 3. The van der Waals surface area contributed by atoms with E-state index in [0.29, 0.717) is 28.8 Å². The standard InChI is InChI=1S/C20H18N4O5/c1-26-17-13(6-14-18(19(17)27-2)29-10-28-14)12-7-15(25)23-20-16(12)22-9-24(20)11-4-3-5-21-8-11/h3-6,8-9,12H,7,10H2,1-2H3,(H,23,25). The Morgan fingerprint density at radius 1 is 1.24 bits per heavy atom. The van der Waals surface area contributed by atoms with E-state index >= 15 is 0 Å². The molecule has 1 atom stereocenters. The number of carbonyl (C=O) groups is 1. The van der Waals surface area contributed by atoms with Gasteiger partial charge in [0, 0.05) is 24.1 Å². The third-order valence-electron chi connectivity index (χ3n) is 5.08. The van der Waals surface area contributed by atoms with Crippen LogP contribution in [0, 0.1) is 0 Å². The van der Waals surface area contributed by atoms with Gasteiger partial charge in [0.15, 0.2) is 11.5 Å². The molecule has 0 bridgehead atoms. The molecule has 3 aromatic rings. The average molecular weight is 394 g/mol. The van der Waals surface area contributed by atoms with Crippen LogP contribution in [0.2, 0.25) is 0 Å². The molecule has 2 aliphatic heterocycles. The Morgan fingerprint density at radius 2 is 2.10 bits per heavy atom. The third kappa shape index (κ3) is 2.65. The molecule has 0 fully saturated rings. The van der Waals surface area contributed by atoms with Crippen LogP contribution in [-0.4, -0.2) is 41.5 Å². The maximum atomic E-state index is 12.6. The van der Waals surface area contributed by atoms with Crippen molar-refractivity contribution in [2.75, 3.05) is 26.3 Å². The Balaban J connectivity index is 1.68. The van der Waals surface area contributed by atoms with Crippen LogP contribution in [-0.2, 0) is 4.79 Å². The molecule has 0 saturated carbocycles. The normalized spacial score (nSPS) is 16.9. The Morgan fingerprint density at radius 3 is 2.86 bits per heavy atom. The van der Waals surface area contributed by atoms with Gasteiger partial charge in [-0.15, -0.1) is 0 Å². The van der Waals surface area contributed by atoms with Crippen molar-refractivity contribution < 1.29 is 23.7 Å². The minimum atomic E-state index is -0.338. The number of benzene rings is 1. The van der Waals surface area contributed by atoms with Gasteiger partial charge in [0.25, 0.3) is 0 Å². The molecule has 1 aromatic carbocycles. The van der Waals surface area contributed by atoms with E-state index in [1.807, 2.05) is 22.8 Å². The highest BCUT2D eigenvalue weighted by atomic mass is 16.7. The molecular formula is C20H18N4O5. The summed E-state index contributed by atoms with van der Waals surface area (Å²) in [5.74, 6) is 2.14. The summed E-state index contributed by atoms with van der Waals surface area (Å²) in [6.45, 7) is 0.102. The van der Waals surface area contributed by atoms with Gasteiger partial charge in [0.1, 0.15) is 12.1 Å². The summed E-state index contributed by atoms with van der Waals surface area (Å²) in [4.78, 5) is 21.3. The van der Waals surface area contributed by atoms with Gasteiger partial charge in [0.05, 0.1) is 31.8 Å². The van der Waals surface area contributed by atoms with Gasteiger partial charge in [-0.3, -0.25) is 14.3 Å². The smallest absolute Gasteiger partial charge is 0.231 e. The lowest BCUT2D eigenvalue weighted by atomic mass is 9.88. The van der Waals surface area contributed by atoms with E-state index in [1.165, 1.54) is 0 Å². The molecule has 0 saturated heterocycles. The maximum Gasteiger partial charge on any atom is 0.231 e. The predicted molar refractivity (Wildman–Crippen MR) is 102 cm³/mol. The molecule has 1 N–H and O–H groups in total. The molecule has 4 heterocycles. The fourth-order valence-electron chi connectivity index (χ4n) is 3.82. The van der Waals surface area contributed by atoms with E-state index in [4.69, 9.17) is 18.9 Å². The van der Waals surface area contributed by atoms with E-state index < -0.39 is 0 Å². The molecule has 1 amide bonds. The van der Waals surface area contributed by atoms with Crippen LogP contribution in [0.3, 0.4) is 0 Å². The van der Waals surface area contributed by atoms with Gasteiger partial charge < -0.3 is 24.3 Å². The number of pyridine rings is 1. The van der Waals surface area contributed by atoms with Crippen molar-refractivity contribution in [1.29, 1.82) is 0 Å². The summed E-state index contributed by atoms with van der Waals surface area (Å²) in [5.41, 5.74) is 2.28. The predicted octanol–water partition coefficient (Wildman–Crippen LogP) is 2.49. The van der Waals surface area contributed by atoms with Crippen LogP contribution in [0.1, 0.15) is 23.6 Å². The minimum Gasteiger partial charge on any atom is -0.492 e. The van der Waals surface area contributed by atoms with Gasteiger partial charge in [-0.2, -0.15) is 0 Å². The van der Waals surface area contributed by atoms with Crippen molar-refractivity contribution in [2.45, 2.75) is 12.3 Å². The lowest BCUT2D eigenvalue weighted by molar-refractivity contribution is -0.116. The summed E-state index contributed by atoms with van der Waals surface area (Å²) in [6.07, 6.45) is 5.30. The highest BCUT2D eigenvalue weighted by Gasteiger charge is 2.36. The maximum absolute atomic E-state index is 12.6. The van der Waals surface area contributed by atoms with Crippen molar-refractivity contribution in [3.63, 3.8) is 0 Å². The molecule has 9 nitrogen and oxygen atoms in total. The third-order valence-corrected chi connectivity index (χ3v) is 5.08. The summed E-state index contributed by atoms with van der Waals surface area (Å²) in [5, 5.41) is 2.93. The van der Waals surface area contributed by atoms with Crippen LogP contribution in [0.15, 0.2) is 36.9 Å². The lowest BCUT2D eigenvalue weighted by Crippen LogP contribution is -2.25. The SMILES string of the molecule is COc1c(C2CC(=O)Nc3c2ncn3-c2cccnc2)cc2c(c1OC)OCO2. The van der Waals surface area contributed by atoms with Crippen LogP contribution in [0.4, 0.5) is 5.82 Å². The van der Waals surface area contributed by atoms with Gasteiger partial charge >= 0.3 is 0 Å². The average Bonchev–Trinajstić information content (AvgIpc) is 3.39. The van der Waals surface area contributed by atoms with E-state index in [-0.39, 0.29) is 25.0 Å². The first-order chi connectivity index (χ1) is 14.2. The van der Waals surface area contributed by atoms with Gasteiger partial charge in [0.2, 0.25) is 24.2 Å². The molecule has 148 valence electrons. The van der Waals surface area contributed by atoms with Gasteiger partial charge in [-0.25, -0.2) is 4.98 Å². The molecule has 0 spiro atoms. The zero-order chi connectivity index (χ0) is 20.0. The Labute approximate surface area is 166 Å². The fourth-order valence-corrected chi connectivity index (χ4v) is 3.82. The van der Waals surface area contributed by atoms with Crippen molar-refractivity contribution in [3.05, 3.63) is 48.2 Å². The molecule has 0 aliphatic carbocycles. The first-order valence-electron chi connectivity index (χ1n) is 9.03. The Bertz CT molecular complexity index is 1100. The molecule has 9 heteroatoms. The number of hydrogen-bond donors (Lipinski definition) is 1. The molecule has 2 aromatic heterocycles. The quantitative estimate of drug-likeness (QED) is 0.726. The monoisotopic (exact) mass is 394 g/mol. The number of methoxy groups -OCH3 is 2. The fraction of sp³-hybridized carbons (Fsp3) is 0.250. The van der Waals surface area contributed by atoms with Crippen molar-refractivity contribution in [1.82, 2.24) is 14.5 Å². The molecule has 0 radical (unpaired) electrons. The number of fused-ring (bicyclic) bond motifs is 2. The first kappa shape index (κ1) is 17.4. The largest absolute Gasteiger partial charge is 0.492 e. The van der Waals surface area contributed by atoms with E-state index in [1.54, 1.807) is 32.9 Å². The number of nitrogens with one attached hydrogen (secondary N) is 1. The number of amides is 1. The van der Waals surface area contributed by atoms with E-state index in [0.717, 1.165) is 16.9 Å². The highest BCUT2D eigenvalue weighted by Crippen LogP contribution is 2.53. The second kappa shape index (κ2) is 6.69. The molecule has 2 aliphatic rings.